The van der Waals surface area contributed by atoms with Crippen molar-refractivity contribution < 1.29 is 14.7 Å². The summed E-state index contributed by atoms with van der Waals surface area (Å²) in [6.07, 6.45) is 5.46. The van der Waals surface area contributed by atoms with E-state index in [2.05, 4.69) is 31.0 Å². The van der Waals surface area contributed by atoms with E-state index in [1.54, 1.807) is 0 Å². The predicted molar refractivity (Wildman–Crippen MR) is 112 cm³/mol. The molecule has 0 spiro atoms. The number of hydrogen-bond donors (Lipinski definition) is 2. The van der Waals surface area contributed by atoms with E-state index < -0.39 is 5.97 Å². The normalized spacial score (nSPS) is 22.5. The molecule has 0 aliphatic carbocycles. The molecule has 2 heterocycles. The maximum absolute atomic E-state index is 12.7. The number of piperidine rings is 2. The third-order valence-corrected chi connectivity index (χ3v) is 6.64. The summed E-state index contributed by atoms with van der Waals surface area (Å²) in [5.74, 6) is -0.0117. The number of urea groups is 1. The summed E-state index contributed by atoms with van der Waals surface area (Å²) >= 11 is 0. The average Bonchev–Trinajstić information content (AvgIpc) is 2.70. The van der Waals surface area contributed by atoms with Crippen LogP contribution in [0.15, 0.2) is 0 Å². The second-order valence-corrected chi connectivity index (χ2v) is 9.01. The van der Waals surface area contributed by atoms with Gasteiger partial charge in [0, 0.05) is 37.8 Å². The van der Waals surface area contributed by atoms with Gasteiger partial charge in [-0.25, -0.2) is 4.79 Å². The topological polar surface area (TPSA) is 76.1 Å². The van der Waals surface area contributed by atoms with Gasteiger partial charge in [-0.1, -0.05) is 20.3 Å². The molecule has 0 aromatic rings. The van der Waals surface area contributed by atoms with Crippen LogP contribution in [0.25, 0.3) is 0 Å². The molecule has 2 rings (SSSR count). The van der Waals surface area contributed by atoms with Crippen LogP contribution in [-0.4, -0.2) is 89.2 Å². The Balaban J connectivity index is 1.78. The Morgan fingerprint density at radius 2 is 1.82 bits per heavy atom. The number of carboxylic acids is 1. The van der Waals surface area contributed by atoms with Crippen molar-refractivity contribution in [2.24, 2.45) is 5.92 Å². The lowest BCUT2D eigenvalue weighted by molar-refractivity contribution is -0.139. The van der Waals surface area contributed by atoms with E-state index in [-0.39, 0.29) is 24.2 Å². The second-order valence-electron chi connectivity index (χ2n) is 9.01. The number of rotatable bonds is 8. The maximum atomic E-state index is 12.7. The van der Waals surface area contributed by atoms with Crippen molar-refractivity contribution in [3.05, 3.63) is 0 Å². The Kier molecular flexibility index (Phi) is 8.56. The van der Waals surface area contributed by atoms with Crippen LogP contribution in [0.3, 0.4) is 0 Å². The zero-order chi connectivity index (χ0) is 20.7. The summed E-state index contributed by atoms with van der Waals surface area (Å²) in [6.45, 7) is 13.8. The lowest BCUT2D eigenvalue weighted by Gasteiger charge is -2.44. The van der Waals surface area contributed by atoms with Crippen LogP contribution < -0.4 is 5.32 Å². The Morgan fingerprint density at radius 3 is 2.39 bits per heavy atom. The molecule has 0 radical (unpaired) electrons. The number of nitrogens with zero attached hydrogens (tertiary/aromatic N) is 3. The molecule has 162 valence electrons. The highest BCUT2D eigenvalue weighted by atomic mass is 16.4. The van der Waals surface area contributed by atoms with Crippen molar-refractivity contribution in [2.45, 2.75) is 71.4 Å². The summed E-state index contributed by atoms with van der Waals surface area (Å²) in [5, 5.41) is 12.2. The number of nitrogens with one attached hydrogen (secondary N) is 1. The summed E-state index contributed by atoms with van der Waals surface area (Å²) < 4.78 is 0. The van der Waals surface area contributed by atoms with E-state index in [9.17, 15) is 9.59 Å². The number of likely N-dealkylation sites (N-methyl/N-ethyl adjacent to an activating group) is 1. The number of likely N-dealkylation sites (tertiary alicyclic amines) is 2. The van der Waals surface area contributed by atoms with Gasteiger partial charge in [0.15, 0.2) is 0 Å². The SMILES string of the molecule is CCC1CCCN(C(C)(C)CNC(=O)N2CCC(N(CC)CC(=O)O)CC2)C1. The minimum Gasteiger partial charge on any atom is -0.480 e. The van der Waals surface area contributed by atoms with E-state index in [0.29, 0.717) is 19.6 Å². The first-order chi connectivity index (χ1) is 13.3. The first-order valence-electron chi connectivity index (χ1n) is 11.0. The zero-order valence-corrected chi connectivity index (χ0v) is 18.2. The summed E-state index contributed by atoms with van der Waals surface area (Å²) in [6, 6.07) is 0.262. The third kappa shape index (κ3) is 6.34. The van der Waals surface area contributed by atoms with Crippen molar-refractivity contribution in [3.8, 4) is 0 Å². The molecule has 2 aliphatic rings. The molecular weight excluding hydrogens is 356 g/mol. The highest BCUT2D eigenvalue weighted by Gasteiger charge is 2.32. The van der Waals surface area contributed by atoms with Crippen molar-refractivity contribution >= 4 is 12.0 Å². The lowest BCUT2D eigenvalue weighted by atomic mass is 9.91. The molecule has 2 fully saturated rings. The summed E-state index contributed by atoms with van der Waals surface area (Å²) in [7, 11) is 0. The first-order valence-corrected chi connectivity index (χ1v) is 11.0. The molecule has 2 aliphatic heterocycles. The molecule has 0 aromatic carbocycles. The minimum atomic E-state index is -0.785. The highest BCUT2D eigenvalue weighted by molar-refractivity contribution is 5.74. The molecule has 7 heteroatoms. The quantitative estimate of drug-likeness (QED) is 0.659. The number of carboxylic acid groups (broad SMARTS) is 1. The zero-order valence-electron chi connectivity index (χ0n) is 18.2. The predicted octanol–water partition coefficient (Wildman–Crippen LogP) is 2.47. The van der Waals surface area contributed by atoms with Crippen molar-refractivity contribution in [3.63, 3.8) is 0 Å². The Bertz CT molecular complexity index is 518. The van der Waals surface area contributed by atoms with Gasteiger partial charge in [0.25, 0.3) is 0 Å². The van der Waals surface area contributed by atoms with Crippen molar-refractivity contribution in [1.82, 2.24) is 20.0 Å². The summed E-state index contributed by atoms with van der Waals surface area (Å²) in [5.41, 5.74) is -0.0394. The number of aliphatic carboxylic acids is 1. The van der Waals surface area contributed by atoms with E-state index in [1.165, 1.54) is 19.3 Å². The average molecular weight is 397 g/mol. The van der Waals surface area contributed by atoms with Crippen LogP contribution in [0.4, 0.5) is 4.79 Å². The number of amides is 2. The largest absolute Gasteiger partial charge is 0.480 e. The van der Waals surface area contributed by atoms with Gasteiger partial charge in [-0.05, 0) is 58.5 Å². The van der Waals surface area contributed by atoms with Crippen LogP contribution in [0, 0.1) is 5.92 Å². The molecule has 1 atom stereocenters. The van der Waals surface area contributed by atoms with E-state index in [0.717, 1.165) is 38.4 Å². The van der Waals surface area contributed by atoms with Crippen LogP contribution in [-0.2, 0) is 4.79 Å². The van der Waals surface area contributed by atoms with Crippen LogP contribution in [0.2, 0.25) is 0 Å². The van der Waals surface area contributed by atoms with Crippen molar-refractivity contribution in [1.29, 1.82) is 0 Å². The smallest absolute Gasteiger partial charge is 0.317 e. The van der Waals surface area contributed by atoms with Crippen LogP contribution >= 0.6 is 0 Å². The van der Waals surface area contributed by atoms with Crippen LogP contribution in [0.5, 0.6) is 0 Å². The van der Waals surface area contributed by atoms with Gasteiger partial charge in [-0.15, -0.1) is 0 Å². The fourth-order valence-corrected chi connectivity index (χ4v) is 4.57. The number of hydrogen-bond acceptors (Lipinski definition) is 4. The maximum Gasteiger partial charge on any atom is 0.317 e. The molecule has 28 heavy (non-hydrogen) atoms. The van der Waals surface area contributed by atoms with Gasteiger partial charge >= 0.3 is 12.0 Å². The monoisotopic (exact) mass is 396 g/mol. The van der Waals surface area contributed by atoms with Gasteiger partial charge in [-0.3, -0.25) is 14.6 Å². The van der Waals surface area contributed by atoms with E-state index >= 15 is 0 Å². The lowest BCUT2D eigenvalue weighted by Crippen LogP contribution is -2.57. The molecule has 2 amide bonds. The van der Waals surface area contributed by atoms with E-state index in [4.69, 9.17) is 5.11 Å². The van der Waals surface area contributed by atoms with Gasteiger partial charge in [0.05, 0.1) is 6.54 Å². The standard InChI is InChI=1S/C21H40N4O3/c1-5-17-8-7-11-25(14-17)21(3,4)16-22-20(28)24-12-9-18(10-13-24)23(6-2)15-19(26)27/h17-18H,5-16H2,1-4H3,(H,22,28)(H,26,27). The Labute approximate surface area is 170 Å². The van der Waals surface area contributed by atoms with Gasteiger partial charge < -0.3 is 15.3 Å². The fourth-order valence-electron chi connectivity index (χ4n) is 4.57. The highest BCUT2D eigenvalue weighted by Crippen LogP contribution is 2.25. The second kappa shape index (κ2) is 10.4. The molecule has 0 bridgehead atoms. The van der Waals surface area contributed by atoms with Gasteiger partial charge in [0.1, 0.15) is 0 Å². The molecule has 2 saturated heterocycles. The van der Waals surface area contributed by atoms with Crippen molar-refractivity contribution in [2.75, 3.05) is 45.8 Å². The Morgan fingerprint density at radius 1 is 1.14 bits per heavy atom. The van der Waals surface area contributed by atoms with Crippen LogP contribution in [0.1, 0.15) is 59.8 Å². The first kappa shape index (κ1) is 22.9. The minimum absolute atomic E-state index is 0.0110. The molecule has 2 N–H and O–H groups in total. The third-order valence-electron chi connectivity index (χ3n) is 6.64. The summed E-state index contributed by atoms with van der Waals surface area (Å²) in [4.78, 5) is 30.1. The molecule has 7 nitrogen and oxygen atoms in total. The Hall–Kier alpha value is -1.34. The molecule has 1 unspecified atom stereocenters. The number of carbonyl (C=O) groups excluding carboxylic acids is 1. The molecular formula is C21H40N4O3. The number of carbonyl (C=O) groups is 2. The van der Waals surface area contributed by atoms with Gasteiger partial charge in [-0.2, -0.15) is 0 Å². The van der Waals surface area contributed by atoms with E-state index in [1.807, 2.05) is 16.7 Å². The fraction of sp³-hybridized carbons (Fsp3) is 0.905. The molecule has 0 aromatic heterocycles. The molecule has 0 saturated carbocycles. The van der Waals surface area contributed by atoms with Gasteiger partial charge in [0.2, 0.25) is 0 Å².